The number of benzene rings is 2. The third-order valence-corrected chi connectivity index (χ3v) is 5.12. The van der Waals surface area contributed by atoms with Crippen LogP contribution in [0, 0.1) is 0 Å². The molecule has 0 aliphatic heterocycles. The molecule has 2 aromatic carbocycles. The summed E-state index contributed by atoms with van der Waals surface area (Å²) in [6.45, 7) is 0. The summed E-state index contributed by atoms with van der Waals surface area (Å²) >= 11 is 5.92. The van der Waals surface area contributed by atoms with E-state index >= 15 is 0 Å². The summed E-state index contributed by atoms with van der Waals surface area (Å²) < 4.78 is 24.7. The minimum Gasteiger partial charge on any atom is -0.288 e. The van der Waals surface area contributed by atoms with Crippen molar-refractivity contribution in [2.75, 3.05) is 6.26 Å². The molecule has 0 aliphatic rings. The van der Waals surface area contributed by atoms with Crippen LogP contribution in [-0.2, 0) is 9.84 Å². The molecule has 0 radical (unpaired) electrons. The van der Waals surface area contributed by atoms with Crippen LogP contribution in [0.1, 0.15) is 10.4 Å². The first-order chi connectivity index (χ1) is 12.3. The molecule has 0 atom stereocenters. The Labute approximate surface area is 154 Å². The van der Waals surface area contributed by atoms with E-state index in [0.29, 0.717) is 22.0 Å². The van der Waals surface area contributed by atoms with Gasteiger partial charge in [0.05, 0.1) is 28.0 Å². The second-order valence-electron chi connectivity index (χ2n) is 5.53. The Morgan fingerprint density at radius 1 is 1.12 bits per heavy atom. The van der Waals surface area contributed by atoms with Gasteiger partial charge in [-0.1, -0.05) is 23.7 Å². The van der Waals surface area contributed by atoms with Gasteiger partial charge in [-0.3, -0.25) is 10.0 Å². The smallest absolute Gasteiger partial charge is 0.278 e. The summed E-state index contributed by atoms with van der Waals surface area (Å²) in [5.41, 5.74) is 3.39. The van der Waals surface area contributed by atoms with Crippen LogP contribution in [-0.4, -0.2) is 35.6 Å². The van der Waals surface area contributed by atoms with Crippen LogP contribution in [0.15, 0.2) is 59.6 Å². The van der Waals surface area contributed by atoms with Crippen molar-refractivity contribution < 1.29 is 18.4 Å². The van der Waals surface area contributed by atoms with Crippen LogP contribution in [0.5, 0.6) is 0 Å². The number of amides is 1. The quantitative estimate of drug-likeness (QED) is 0.526. The van der Waals surface area contributed by atoms with E-state index in [9.17, 15) is 13.2 Å². The van der Waals surface area contributed by atoms with Crippen LogP contribution < -0.4 is 5.48 Å². The van der Waals surface area contributed by atoms with Gasteiger partial charge in [-0.25, -0.2) is 18.6 Å². The summed E-state index contributed by atoms with van der Waals surface area (Å²) in [7, 11) is -3.32. The molecule has 3 aromatic rings. The van der Waals surface area contributed by atoms with Crippen molar-refractivity contribution in [3.63, 3.8) is 0 Å². The molecule has 0 spiro atoms. The fourth-order valence-electron chi connectivity index (χ4n) is 2.49. The van der Waals surface area contributed by atoms with E-state index in [-0.39, 0.29) is 10.5 Å². The molecule has 26 heavy (non-hydrogen) atoms. The van der Waals surface area contributed by atoms with E-state index in [1.54, 1.807) is 41.9 Å². The molecule has 0 fully saturated rings. The highest BCUT2D eigenvalue weighted by Gasteiger charge is 2.20. The second-order valence-corrected chi connectivity index (χ2v) is 7.98. The zero-order valence-corrected chi connectivity index (χ0v) is 15.1. The molecule has 9 heteroatoms. The largest absolute Gasteiger partial charge is 0.288 e. The Balaban J connectivity index is 2.17. The van der Waals surface area contributed by atoms with Gasteiger partial charge in [-0.05, 0) is 36.4 Å². The van der Waals surface area contributed by atoms with E-state index in [1.807, 2.05) is 0 Å². The molecular formula is C17H14ClN3O4S. The Bertz CT molecular complexity index is 1060. The van der Waals surface area contributed by atoms with Crippen molar-refractivity contribution in [1.82, 2.24) is 15.3 Å². The average Bonchev–Trinajstić information content (AvgIpc) is 3.06. The number of carbonyl (C=O) groups is 1. The van der Waals surface area contributed by atoms with Gasteiger partial charge >= 0.3 is 0 Å². The third-order valence-electron chi connectivity index (χ3n) is 3.74. The van der Waals surface area contributed by atoms with Gasteiger partial charge in [0.15, 0.2) is 9.84 Å². The van der Waals surface area contributed by atoms with Crippen LogP contribution in [0.3, 0.4) is 0 Å². The van der Waals surface area contributed by atoms with Crippen molar-refractivity contribution in [1.29, 1.82) is 0 Å². The molecule has 0 bridgehead atoms. The minimum absolute atomic E-state index is 0.155. The topological polar surface area (TPSA) is 101 Å². The van der Waals surface area contributed by atoms with Crippen molar-refractivity contribution in [3.8, 4) is 16.9 Å². The summed E-state index contributed by atoms with van der Waals surface area (Å²) in [5.74, 6) is -0.714. The van der Waals surface area contributed by atoms with Crippen LogP contribution >= 0.6 is 11.6 Å². The number of hydrogen-bond acceptors (Lipinski definition) is 5. The predicted octanol–water partition coefficient (Wildman–Crippen LogP) is 2.72. The lowest BCUT2D eigenvalue weighted by atomic mass is 10.1. The fourth-order valence-corrected chi connectivity index (χ4v) is 3.25. The van der Waals surface area contributed by atoms with Gasteiger partial charge in [-0.15, -0.1) is 0 Å². The first-order valence-electron chi connectivity index (χ1n) is 7.40. The predicted molar refractivity (Wildman–Crippen MR) is 96.4 cm³/mol. The average molecular weight is 392 g/mol. The number of halogens is 1. The van der Waals surface area contributed by atoms with Gasteiger partial charge in [0.1, 0.15) is 0 Å². The molecule has 1 amide bonds. The lowest BCUT2D eigenvalue weighted by molar-refractivity contribution is 0.0707. The second kappa shape index (κ2) is 6.91. The van der Waals surface area contributed by atoms with Crippen molar-refractivity contribution in [2.45, 2.75) is 4.90 Å². The maximum atomic E-state index is 12.0. The van der Waals surface area contributed by atoms with E-state index in [4.69, 9.17) is 16.8 Å². The van der Waals surface area contributed by atoms with Gasteiger partial charge in [0, 0.05) is 16.8 Å². The highest BCUT2D eigenvalue weighted by molar-refractivity contribution is 7.90. The molecule has 134 valence electrons. The maximum Gasteiger partial charge on any atom is 0.278 e. The van der Waals surface area contributed by atoms with Crippen LogP contribution in [0.2, 0.25) is 5.02 Å². The molecule has 2 N–H and O–H groups in total. The fraction of sp³-hybridized carbons (Fsp3) is 0.0588. The third kappa shape index (κ3) is 3.48. The molecule has 1 heterocycles. The zero-order valence-electron chi connectivity index (χ0n) is 13.5. The van der Waals surface area contributed by atoms with Gasteiger partial charge in [0.25, 0.3) is 5.91 Å². The van der Waals surface area contributed by atoms with Crippen LogP contribution in [0.25, 0.3) is 16.9 Å². The standard InChI is InChI=1S/C17H14ClN3O4S/c1-26(24,25)14-8-6-13(7-9-14)21-16(11-2-4-12(18)5-3-11)15(10-19-21)17(22)20-23/h2-10,23H,1H3,(H,20,22). The Morgan fingerprint density at radius 3 is 2.27 bits per heavy atom. The summed E-state index contributed by atoms with van der Waals surface area (Å²) in [6.07, 6.45) is 2.44. The number of sulfone groups is 1. The number of aromatic nitrogens is 2. The first kappa shape index (κ1) is 18.1. The Morgan fingerprint density at radius 2 is 1.73 bits per heavy atom. The highest BCUT2D eigenvalue weighted by Crippen LogP contribution is 2.28. The Kier molecular flexibility index (Phi) is 4.82. The molecule has 7 nitrogen and oxygen atoms in total. The van der Waals surface area contributed by atoms with Crippen molar-refractivity contribution in [2.24, 2.45) is 0 Å². The molecule has 3 rings (SSSR count). The molecule has 1 aromatic heterocycles. The number of nitrogens with zero attached hydrogens (tertiary/aromatic N) is 2. The zero-order chi connectivity index (χ0) is 18.9. The Hall–Kier alpha value is -2.68. The number of rotatable bonds is 4. The summed E-state index contributed by atoms with van der Waals surface area (Å²) in [5, 5.41) is 13.7. The van der Waals surface area contributed by atoms with Crippen molar-refractivity contribution in [3.05, 3.63) is 65.3 Å². The molecule has 0 unspecified atom stereocenters. The molecule has 0 saturated heterocycles. The first-order valence-corrected chi connectivity index (χ1v) is 9.67. The monoisotopic (exact) mass is 391 g/mol. The van der Waals surface area contributed by atoms with Gasteiger partial charge in [0.2, 0.25) is 0 Å². The number of hydroxylamine groups is 1. The minimum atomic E-state index is -3.32. The van der Waals surface area contributed by atoms with Gasteiger partial charge < -0.3 is 0 Å². The number of hydrogen-bond donors (Lipinski definition) is 2. The van der Waals surface area contributed by atoms with E-state index in [0.717, 1.165) is 6.26 Å². The molecular weight excluding hydrogens is 378 g/mol. The van der Waals surface area contributed by atoms with Crippen LogP contribution in [0.4, 0.5) is 0 Å². The normalized spacial score (nSPS) is 11.3. The number of nitrogens with one attached hydrogen (secondary N) is 1. The van der Waals surface area contributed by atoms with Gasteiger partial charge in [-0.2, -0.15) is 5.10 Å². The lowest BCUT2D eigenvalue weighted by Crippen LogP contribution is -2.19. The summed E-state index contributed by atoms with van der Waals surface area (Å²) in [4.78, 5) is 12.2. The van der Waals surface area contributed by atoms with E-state index in [2.05, 4.69) is 5.10 Å². The molecule has 0 saturated carbocycles. The van der Waals surface area contributed by atoms with Crippen molar-refractivity contribution >= 4 is 27.3 Å². The van der Waals surface area contributed by atoms with E-state index in [1.165, 1.54) is 23.0 Å². The number of carbonyl (C=O) groups excluding carboxylic acids is 1. The molecule has 0 aliphatic carbocycles. The maximum absolute atomic E-state index is 12.0. The van der Waals surface area contributed by atoms with E-state index < -0.39 is 15.7 Å². The lowest BCUT2D eigenvalue weighted by Gasteiger charge is -2.10. The SMILES string of the molecule is CS(=O)(=O)c1ccc(-n2ncc(C(=O)NO)c2-c2ccc(Cl)cc2)cc1. The summed E-state index contributed by atoms with van der Waals surface area (Å²) in [6, 6.07) is 12.9. The highest BCUT2D eigenvalue weighted by atomic mass is 35.5.